The molecule has 2 heteroatoms. The summed E-state index contributed by atoms with van der Waals surface area (Å²) in [6, 6.07) is 10.3. The minimum atomic E-state index is -1.35. The van der Waals surface area contributed by atoms with Crippen molar-refractivity contribution in [3.63, 3.8) is 0 Å². The van der Waals surface area contributed by atoms with Crippen molar-refractivity contribution in [2.75, 3.05) is 0 Å². The van der Waals surface area contributed by atoms with E-state index in [0.717, 1.165) is 0 Å². The second kappa shape index (κ2) is 5.34. The van der Waals surface area contributed by atoms with Gasteiger partial charge in [0.05, 0.1) is 8.07 Å². The van der Waals surface area contributed by atoms with Crippen molar-refractivity contribution in [3.05, 3.63) is 35.9 Å². The Hall–Kier alpha value is -1.04. The normalized spacial score (nSPS) is 14.8. The second-order valence-electron chi connectivity index (χ2n) is 5.17. The van der Waals surface area contributed by atoms with Crippen molar-refractivity contribution in [2.45, 2.75) is 38.1 Å². The van der Waals surface area contributed by atoms with Crippen LogP contribution in [0.3, 0.4) is 0 Å². The van der Waals surface area contributed by atoms with E-state index < -0.39 is 8.07 Å². The minimum Gasteiger partial charge on any atom is -0.323 e. The lowest BCUT2D eigenvalue weighted by atomic mass is 10.0. The van der Waals surface area contributed by atoms with Crippen LogP contribution in [-0.2, 0) is 0 Å². The molecule has 0 unspecified atom stereocenters. The van der Waals surface area contributed by atoms with Gasteiger partial charge in [0.15, 0.2) is 0 Å². The van der Waals surface area contributed by atoms with E-state index in [0.29, 0.717) is 5.54 Å². The molecule has 0 saturated heterocycles. The molecule has 0 spiro atoms. The van der Waals surface area contributed by atoms with E-state index in [-0.39, 0.29) is 6.04 Å². The first-order valence-corrected chi connectivity index (χ1v) is 9.27. The summed E-state index contributed by atoms with van der Waals surface area (Å²) in [7, 11) is -1.35. The molecule has 0 aromatic heterocycles. The van der Waals surface area contributed by atoms with E-state index in [1.54, 1.807) is 0 Å². The zero-order valence-electron chi connectivity index (χ0n) is 10.6. The fraction of sp³-hybridized carbons (Fsp3) is 0.429. The van der Waals surface area contributed by atoms with Gasteiger partial charge in [0.1, 0.15) is 0 Å². The first-order valence-electron chi connectivity index (χ1n) is 5.69. The van der Waals surface area contributed by atoms with Crippen LogP contribution < -0.4 is 5.73 Å². The highest BCUT2D eigenvalue weighted by molar-refractivity contribution is 6.78. The van der Waals surface area contributed by atoms with Crippen molar-refractivity contribution < 1.29 is 0 Å². The van der Waals surface area contributed by atoms with Gasteiger partial charge in [-0.2, -0.15) is 0 Å². The van der Waals surface area contributed by atoms with Crippen LogP contribution >= 0.6 is 0 Å². The molecule has 0 saturated carbocycles. The molecule has 1 rings (SSSR count). The highest BCUT2D eigenvalue weighted by Gasteiger charge is 2.31. The molecule has 2 N–H and O–H groups in total. The molecule has 16 heavy (non-hydrogen) atoms. The number of hydrogen-bond donors (Lipinski definition) is 1. The van der Waals surface area contributed by atoms with Gasteiger partial charge >= 0.3 is 0 Å². The van der Waals surface area contributed by atoms with E-state index >= 15 is 0 Å². The van der Waals surface area contributed by atoms with Crippen LogP contribution in [0.1, 0.15) is 18.5 Å². The zero-order chi connectivity index (χ0) is 12.2. The molecule has 86 valence electrons. The summed E-state index contributed by atoms with van der Waals surface area (Å²) in [5.41, 5.74) is 7.86. The Balaban J connectivity index is 3.00. The molecule has 0 aliphatic heterocycles. The largest absolute Gasteiger partial charge is 0.323 e. The number of hydrogen-bond acceptors (Lipinski definition) is 1. The summed E-state index contributed by atoms with van der Waals surface area (Å²) >= 11 is 0. The smallest absolute Gasteiger partial charge is 0.0637 e. The predicted molar refractivity (Wildman–Crippen MR) is 73.9 cm³/mol. The fourth-order valence-electron chi connectivity index (χ4n) is 1.87. The van der Waals surface area contributed by atoms with Crippen molar-refractivity contribution in [3.8, 4) is 11.8 Å². The van der Waals surface area contributed by atoms with Crippen LogP contribution in [0.2, 0.25) is 25.2 Å². The summed E-state index contributed by atoms with van der Waals surface area (Å²) in [6.45, 7) is 8.87. The molecule has 1 aromatic rings. The van der Waals surface area contributed by atoms with Gasteiger partial charge in [-0.25, -0.2) is 0 Å². The Bertz CT molecular complexity index is 381. The Morgan fingerprint density at radius 3 is 2.12 bits per heavy atom. The van der Waals surface area contributed by atoms with Crippen molar-refractivity contribution >= 4 is 8.07 Å². The Kier molecular flexibility index (Phi) is 4.34. The SMILES string of the molecule is CC#C[C@H]([C@H](N)c1ccccc1)[Si](C)(C)C. The average molecular weight is 231 g/mol. The molecule has 0 aliphatic rings. The molecule has 0 bridgehead atoms. The third-order valence-corrected chi connectivity index (χ3v) is 5.15. The van der Waals surface area contributed by atoms with Crippen LogP contribution in [0.4, 0.5) is 0 Å². The molecular formula is C14H21NSi. The molecule has 0 aliphatic carbocycles. The molecule has 0 amide bonds. The van der Waals surface area contributed by atoms with E-state index in [1.165, 1.54) is 5.56 Å². The summed E-state index contributed by atoms with van der Waals surface area (Å²) in [4.78, 5) is 0. The van der Waals surface area contributed by atoms with Crippen LogP contribution in [0.5, 0.6) is 0 Å². The van der Waals surface area contributed by atoms with Crippen molar-refractivity contribution in [1.82, 2.24) is 0 Å². The molecule has 1 aromatic carbocycles. The first-order chi connectivity index (χ1) is 7.46. The van der Waals surface area contributed by atoms with Gasteiger partial charge in [0, 0.05) is 11.6 Å². The van der Waals surface area contributed by atoms with Crippen molar-refractivity contribution in [1.29, 1.82) is 0 Å². The monoisotopic (exact) mass is 231 g/mol. The van der Waals surface area contributed by atoms with Gasteiger partial charge in [0.2, 0.25) is 0 Å². The maximum Gasteiger partial charge on any atom is 0.0637 e. The number of benzene rings is 1. The van der Waals surface area contributed by atoms with Crippen molar-refractivity contribution in [2.24, 2.45) is 5.73 Å². The summed E-state index contributed by atoms with van der Waals surface area (Å²) in [5, 5.41) is 0. The molecule has 0 radical (unpaired) electrons. The topological polar surface area (TPSA) is 26.0 Å². The standard InChI is InChI=1S/C14H21NSi/c1-5-9-13(16(2,3)4)14(15)12-10-7-6-8-11-12/h6-8,10-11,13-14H,15H2,1-4H3/t13-,14-/m1/s1. The predicted octanol–water partition coefficient (Wildman–Crippen LogP) is 3.42. The van der Waals surface area contributed by atoms with Gasteiger partial charge in [-0.05, 0) is 12.5 Å². The maximum atomic E-state index is 6.34. The van der Waals surface area contributed by atoms with Gasteiger partial charge in [0.25, 0.3) is 0 Å². The number of rotatable bonds is 3. The summed E-state index contributed by atoms with van der Waals surface area (Å²) < 4.78 is 0. The highest BCUT2D eigenvalue weighted by atomic mass is 28.3. The Labute approximate surface area is 100 Å². The third-order valence-electron chi connectivity index (χ3n) is 2.78. The summed E-state index contributed by atoms with van der Waals surface area (Å²) in [5.74, 6) is 6.34. The quantitative estimate of drug-likeness (QED) is 0.626. The van der Waals surface area contributed by atoms with Crippen LogP contribution in [0, 0.1) is 11.8 Å². The van der Waals surface area contributed by atoms with E-state index in [2.05, 4.69) is 43.6 Å². The molecule has 1 nitrogen and oxygen atoms in total. The lowest BCUT2D eigenvalue weighted by molar-refractivity contribution is 0.732. The van der Waals surface area contributed by atoms with Crippen LogP contribution in [0.25, 0.3) is 0 Å². The van der Waals surface area contributed by atoms with E-state index in [4.69, 9.17) is 5.73 Å². The molecular weight excluding hydrogens is 210 g/mol. The van der Waals surface area contributed by atoms with Gasteiger partial charge in [-0.15, -0.1) is 11.8 Å². The lowest BCUT2D eigenvalue weighted by Crippen LogP contribution is -2.35. The second-order valence-corrected chi connectivity index (χ2v) is 10.5. The first kappa shape index (κ1) is 13.0. The molecule has 0 fully saturated rings. The third kappa shape index (κ3) is 3.23. The fourth-order valence-corrected chi connectivity index (χ4v) is 3.72. The van der Waals surface area contributed by atoms with E-state index in [9.17, 15) is 0 Å². The minimum absolute atomic E-state index is 0.0420. The van der Waals surface area contributed by atoms with Crippen LogP contribution in [-0.4, -0.2) is 8.07 Å². The maximum absolute atomic E-state index is 6.34. The van der Waals surface area contributed by atoms with Gasteiger partial charge < -0.3 is 5.73 Å². The van der Waals surface area contributed by atoms with Gasteiger partial charge in [-0.1, -0.05) is 50.0 Å². The Morgan fingerprint density at radius 2 is 1.69 bits per heavy atom. The van der Waals surface area contributed by atoms with Gasteiger partial charge in [-0.3, -0.25) is 0 Å². The number of nitrogens with two attached hydrogens (primary N) is 1. The average Bonchev–Trinajstić information content (AvgIpc) is 2.25. The van der Waals surface area contributed by atoms with E-state index in [1.807, 2.05) is 25.1 Å². The molecule has 2 atom stereocenters. The lowest BCUT2D eigenvalue weighted by Gasteiger charge is -2.30. The van der Waals surface area contributed by atoms with Crippen LogP contribution in [0.15, 0.2) is 30.3 Å². The summed E-state index contributed by atoms with van der Waals surface area (Å²) in [6.07, 6.45) is 0. The Morgan fingerprint density at radius 1 is 1.12 bits per heavy atom. The zero-order valence-corrected chi connectivity index (χ0v) is 11.6. The molecule has 0 heterocycles. The highest BCUT2D eigenvalue weighted by Crippen LogP contribution is 2.32.